The fourth-order valence-electron chi connectivity index (χ4n) is 3.29. The maximum atomic E-state index is 13.1. The number of carbonyl (C=O) groups excluding carboxylic acids is 3. The average molecular weight is 483 g/mol. The number of carbonyl (C=O) groups is 3. The number of nitrogens with one attached hydrogen (secondary N) is 2. The molecule has 1 heterocycles. The number of ether oxygens (including phenoxy) is 2. The molecule has 10 heteroatoms. The lowest BCUT2D eigenvalue weighted by Crippen LogP contribution is -2.48. The van der Waals surface area contributed by atoms with Gasteiger partial charge in [-0.3, -0.25) is 9.59 Å². The second-order valence-corrected chi connectivity index (χ2v) is 8.33. The van der Waals surface area contributed by atoms with Gasteiger partial charge in [-0.15, -0.1) is 11.3 Å². The normalized spacial score (nSPS) is 12.4. The number of amides is 2. The maximum absolute atomic E-state index is 13.1. The first-order chi connectivity index (χ1) is 16.3. The van der Waals surface area contributed by atoms with Crippen LogP contribution in [0.3, 0.4) is 0 Å². The van der Waals surface area contributed by atoms with Crippen molar-refractivity contribution in [2.75, 3.05) is 19.5 Å². The summed E-state index contributed by atoms with van der Waals surface area (Å²) in [5.41, 5.74) is 8.57. The number of aromatic nitrogens is 1. The molecule has 2 amide bonds. The highest BCUT2D eigenvalue weighted by Crippen LogP contribution is 2.22. The van der Waals surface area contributed by atoms with Crippen LogP contribution < -0.4 is 21.1 Å². The Morgan fingerprint density at radius 2 is 1.82 bits per heavy atom. The van der Waals surface area contributed by atoms with Crippen LogP contribution in [0.4, 0.5) is 5.13 Å². The summed E-state index contributed by atoms with van der Waals surface area (Å²) in [4.78, 5) is 41.7. The zero-order valence-corrected chi connectivity index (χ0v) is 19.8. The lowest BCUT2D eigenvalue weighted by Gasteiger charge is -2.21. The molecule has 0 aliphatic rings. The number of nitrogens with zero attached hydrogens (tertiary/aromatic N) is 1. The predicted octanol–water partition coefficient (Wildman–Crippen LogP) is 2.61. The van der Waals surface area contributed by atoms with Crippen molar-refractivity contribution in [3.8, 4) is 5.75 Å². The van der Waals surface area contributed by atoms with Crippen molar-refractivity contribution >= 4 is 34.3 Å². The predicted molar refractivity (Wildman–Crippen MR) is 129 cm³/mol. The maximum Gasteiger partial charge on any atom is 0.357 e. The SMILES string of the molecule is COC(=O)c1csc(NC(=O)C(Cc2ccccc2)NC(=O)C(N)c2ccc(OC)c(C)c2)n1. The minimum atomic E-state index is -0.985. The molecule has 0 aliphatic carbocycles. The highest BCUT2D eigenvalue weighted by Gasteiger charge is 2.26. The Labute approximate surface area is 201 Å². The van der Waals surface area contributed by atoms with Crippen LogP contribution in [-0.4, -0.2) is 43.0 Å². The molecule has 34 heavy (non-hydrogen) atoms. The molecule has 2 unspecified atom stereocenters. The summed E-state index contributed by atoms with van der Waals surface area (Å²) in [5, 5.41) is 7.10. The lowest BCUT2D eigenvalue weighted by atomic mass is 10.0. The molecular weight excluding hydrogens is 456 g/mol. The Hall–Kier alpha value is -3.76. The van der Waals surface area contributed by atoms with E-state index in [1.165, 1.54) is 12.5 Å². The van der Waals surface area contributed by atoms with Gasteiger partial charge in [0.2, 0.25) is 11.8 Å². The summed E-state index contributed by atoms with van der Waals surface area (Å²) in [6, 6.07) is 12.6. The van der Waals surface area contributed by atoms with Crippen molar-refractivity contribution in [3.63, 3.8) is 0 Å². The van der Waals surface area contributed by atoms with E-state index in [4.69, 9.17) is 10.5 Å². The monoisotopic (exact) mass is 482 g/mol. The molecule has 0 spiro atoms. The first-order valence-corrected chi connectivity index (χ1v) is 11.3. The third-order valence-electron chi connectivity index (χ3n) is 5.10. The van der Waals surface area contributed by atoms with Crippen molar-refractivity contribution in [1.29, 1.82) is 0 Å². The smallest absolute Gasteiger partial charge is 0.357 e. The third kappa shape index (κ3) is 6.18. The van der Waals surface area contributed by atoms with Crippen LogP contribution in [0.2, 0.25) is 0 Å². The van der Waals surface area contributed by atoms with Crippen LogP contribution in [0, 0.1) is 6.92 Å². The molecule has 3 aromatic rings. The molecule has 0 radical (unpaired) electrons. The van der Waals surface area contributed by atoms with E-state index in [9.17, 15) is 14.4 Å². The van der Waals surface area contributed by atoms with E-state index in [-0.39, 0.29) is 17.2 Å². The number of esters is 1. The van der Waals surface area contributed by atoms with Crippen LogP contribution >= 0.6 is 11.3 Å². The van der Waals surface area contributed by atoms with Crippen molar-refractivity contribution in [2.24, 2.45) is 5.73 Å². The lowest BCUT2D eigenvalue weighted by molar-refractivity contribution is -0.127. The van der Waals surface area contributed by atoms with Gasteiger partial charge in [0.25, 0.3) is 0 Å². The summed E-state index contributed by atoms with van der Waals surface area (Å²) in [7, 11) is 2.82. The Kier molecular flexibility index (Phi) is 8.34. The fraction of sp³-hybridized carbons (Fsp3) is 0.250. The molecule has 9 nitrogen and oxygen atoms in total. The number of rotatable bonds is 9. The van der Waals surface area contributed by atoms with Gasteiger partial charge in [-0.25, -0.2) is 9.78 Å². The first-order valence-electron chi connectivity index (χ1n) is 10.4. The van der Waals surface area contributed by atoms with Gasteiger partial charge in [-0.05, 0) is 29.7 Å². The number of hydrogen-bond acceptors (Lipinski definition) is 8. The van der Waals surface area contributed by atoms with Crippen molar-refractivity contribution in [3.05, 3.63) is 76.3 Å². The molecular formula is C24H26N4O5S. The van der Waals surface area contributed by atoms with E-state index < -0.39 is 29.9 Å². The van der Waals surface area contributed by atoms with E-state index >= 15 is 0 Å². The molecule has 1 aromatic heterocycles. The summed E-state index contributed by atoms with van der Waals surface area (Å²) >= 11 is 1.08. The molecule has 4 N–H and O–H groups in total. The topological polar surface area (TPSA) is 133 Å². The van der Waals surface area contributed by atoms with Gasteiger partial charge in [0.1, 0.15) is 17.8 Å². The summed E-state index contributed by atoms with van der Waals surface area (Å²) in [6.45, 7) is 1.86. The number of thiazole rings is 1. The Morgan fingerprint density at radius 1 is 1.09 bits per heavy atom. The molecule has 3 rings (SSSR count). The molecule has 2 atom stereocenters. The van der Waals surface area contributed by atoms with Crippen LogP contribution in [0.15, 0.2) is 53.9 Å². The van der Waals surface area contributed by atoms with E-state index in [0.717, 1.165) is 22.5 Å². The Bertz CT molecular complexity index is 1170. The van der Waals surface area contributed by atoms with Crippen LogP contribution in [0.5, 0.6) is 5.75 Å². The second-order valence-electron chi connectivity index (χ2n) is 7.48. The second kappa shape index (κ2) is 11.4. The molecule has 0 saturated heterocycles. The van der Waals surface area contributed by atoms with Gasteiger partial charge in [0.05, 0.1) is 14.2 Å². The highest BCUT2D eigenvalue weighted by atomic mass is 32.1. The first kappa shape index (κ1) is 24.9. The molecule has 0 saturated carbocycles. The quantitative estimate of drug-likeness (QED) is 0.399. The number of hydrogen-bond donors (Lipinski definition) is 3. The van der Waals surface area contributed by atoms with Crippen molar-refractivity contribution in [2.45, 2.75) is 25.4 Å². The molecule has 0 bridgehead atoms. The Balaban J connectivity index is 1.77. The van der Waals surface area contributed by atoms with Gasteiger partial charge in [0.15, 0.2) is 10.8 Å². The number of anilines is 1. The van der Waals surface area contributed by atoms with Crippen molar-refractivity contribution in [1.82, 2.24) is 10.3 Å². The standard InChI is InChI=1S/C24H26N4O5S/c1-14-11-16(9-10-19(14)32-2)20(25)22(30)26-17(12-15-7-5-4-6-8-15)21(29)28-24-27-18(13-34-24)23(31)33-3/h4-11,13,17,20H,12,25H2,1-3H3,(H,26,30)(H,27,28,29). The average Bonchev–Trinajstić information content (AvgIpc) is 3.31. The molecule has 2 aromatic carbocycles. The molecule has 0 fully saturated rings. The minimum Gasteiger partial charge on any atom is -0.496 e. The van der Waals surface area contributed by atoms with E-state index in [1.807, 2.05) is 37.3 Å². The number of benzene rings is 2. The molecule has 178 valence electrons. The van der Waals surface area contributed by atoms with Crippen LogP contribution in [0.25, 0.3) is 0 Å². The number of methoxy groups -OCH3 is 2. The Morgan fingerprint density at radius 3 is 2.47 bits per heavy atom. The summed E-state index contributed by atoms with van der Waals surface area (Å²) in [5.74, 6) is -0.907. The zero-order chi connectivity index (χ0) is 24.7. The highest BCUT2D eigenvalue weighted by molar-refractivity contribution is 7.14. The summed E-state index contributed by atoms with van der Waals surface area (Å²) in [6.07, 6.45) is 0.238. The zero-order valence-electron chi connectivity index (χ0n) is 19.0. The van der Waals surface area contributed by atoms with Crippen LogP contribution in [0.1, 0.15) is 33.2 Å². The largest absolute Gasteiger partial charge is 0.496 e. The van der Waals surface area contributed by atoms with E-state index in [2.05, 4.69) is 20.4 Å². The van der Waals surface area contributed by atoms with Crippen molar-refractivity contribution < 1.29 is 23.9 Å². The third-order valence-corrected chi connectivity index (χ3v) is 5.86. The van der Waals surface area contributed by atoms with E-state index in [1.54, 1.807) is 25.3 Å². The van der Waals surface area contributed by atoms with Gasteiger partial charge >= 0.3 is 5.97 Å². The van der Waals surface area contributed by atoms with Gasteiger partial charge in [-0.2, -0.15) is 0 Å². The van der Waals surface area contributed by atoms with Crippen LogP contribution in [-0.2, 0) is 20.7 Å². The minimum absolute atomic E-state index is 0.0864. The number of nitrogens with two attached hydrogens (primary N) is 1. The molecule has 0 aliphatic heterocycles. The van der Waals surface area contributed by atoms with Gasteiger partial charge in [-0.1, -0.05) is 42.5 Å². The van der Waals surface area contributed by atoms with E-state index in [0.29, 0.717) is 11.3 Å². The summed E-state index contributed by atoms with van der Waals surface area (Å²) < 4.78 is 9.89. The van der Waals surface area contributed by atoms with Gasteiger partial charge < -0.3 is 25.8 Å². The van der Waals surface area contributed by atoms with Gasteiger partial charge in [0, 0.05) is 11.8 Å². The fourth-order valence-corrected chi connectivity index (χ4v) is 3.97. The number of aryl methyl sites for hydroxylation is 1.